The molecule has 0 unspecified atom stereocenters. The lowest BCUT2D eigenvalue weighted by molar-refractivity contribution is -0.383. The summed E-state index contributed by atoms with van der Waals surface area (Å²) in [6.07, 6.45) is 3.22. The SMILES string of the molecule is Cc1cnc2nc3c(cc2c1)CCc1cc2c([N+](=O)[O-])cc(C)c([O-])c2nc1-3. The van der Waals surface area contributed by atoms with Crippen LogP contribution in [0.15, 0.2) is 30.5 Å². The van der Waals surface area contributed by atoms with Crippen molar-refractivity contribution in [2.45, 2.75) is 26.7 Å². The smallest absolute Gasteiger partial charge is 0.278 e. The van der Waals surface area contributed by atoms with E-state index in [1.54, 1.807) is 19.2 Å². The molecule has 3 heterocycles. The zero-order valence-corrected chi connectivity index (χ0v) is 15.3. The number of fused-ring (bicyclic) bond motifs is 5. The summed E-state index contributed by atoms with van der Waals surface area (Å²) >= 11 is 0. The number of aryl methyl sites for hydroxylation is 4. The highest BCUT2D eigenvalue weighted by Crippen LogP contribution is 2.39. The molecule has 3 aromatic heterocycles. The van der Waals surface area contributed by atoms with Crippen molar-refractivity contribution in [3.05, 3.63) is 62.8 Å². The highest BCUT2D eigenvalue weighted by atomic mass is 16.6. The fourth-order valence-corrected chi connectivity index (χ4v) is 3.89. The molecule has 0 fully saturated rings. The van der Waals surface area contributed by atoms with Crippen molar-refractivity contribution >= 4 is 27.6 Å². The average molecular weight is 371 g/mol. The van der Waals surface area contributed by atoms with E-state index in [0.717, 1.165) is 28.5 Å². The van der Waals surface area contributed by atoms with Gasteiger partial charge in [0.25, 0.3) is 5.69 Å². The lowest BCUT2D eigenvalue weighted by Crippen LogP contribution is -2.10. The van der Waals surface area contributed by atoms with Gasteiger partial charge >= 0.3 is 0 Å². The quantitative estimate of drug-likeness (QED) is 0.374. The maximum absolute atomic E-state index is 12.6. The van der Waals surface area contributed by atoms with Crippen molar-refractivity contribution < 1.29 is 10.0 Å². The Balaban J connectivity index is 1.83. The standard InChI is InChI=1S/C21H16N4O3/c1-10-5-14-7-12-3-4-13-8-15-16(25(27)28)6-11(2)20(26)19(15)23-17(13)18(12)24-21(14)22-9-10/h5-9,26H,3-4H2,1-2H3/p-1. The van der Waals surface area contributed by atoms with Crippen LogP contribution in [0.2, 0.25) is 0 Å². The van der Waals surface area contributed by atoms with E-state index >= 15 is 0 Å². The van der Waals surface area contributed by atoms with Crippen molar-refractivity contribution in [1.29, 1.82) is 0 Å². The Morgan fingerprint density at radius 1 is 1.00 bits per heavy atom. The maximum Gasteiger partial charge on any atom is 0.278 e. The second-order valence-electron chi connectivity index (χ2n) is 7.25. The van der Waals surface area contributed by atoms with Crippen LogP contribution in [-0.2, 0) is 12.8 Å². The second kappa shape index (κ2) is 5.69. The van der Waals surface area contributed by atoms with Crippen molar-refractivity contribution in [2.24, 2.45) is 0 Å². The molecule has 0 radical (unpaired) electrons. The number of nitro groups is 1. The van der Waals surface area contributed by atoms with Crippen LogP contribution in [0.25, 0.3) is 33.3 Å². The molecule has 7 nitrogen and oxygen atoms in total. The van der Waals surface area contributed by atoms with Gasteiger partial charge in [-0.1, -0.05) is 11.3 Å². The molecule has 1 aliphatic rings. The molecule has 1 aliphatic carbocycles. The molecule has 0 spiro atoms. The number of hydrogen-bond acceptors (Lipinski definition) is 6. The van der Waals surface area contributed by atoms with Gasteiger partial charge in [0, 0.05) is 17.6 Å². The number of non-ortho nitro benzene ring substituents is 1. The van der Waals surface area contributed by atoms with E-state index in [4.69, 9.17) is 4.98 Å². The second-order valence-corrected chi connectivity index (χ2v) is 7.25. The summed E-state index contributed by atoms with van der Waals surface area (Å²) in [7, 11) is 0. The van der Waals surface area contributed by atoms with Crippen LogP contribution in [0, 0.1) is 24.0 Å². The van der Waals surface area contributed by atoms with E-state index in [0.29, 0.717) is 29.0 Å². The first kappa shape index (κ1) is 16.6. The first-order valence-electron chi connectivity index (χ1n) is 8.97. The fourth-order valence-electron chi connectivity index (χ4n) is 3.89. The highest BCUT2D eigenvalue weighted by Gasteiger charge is 2.24. The van der Waals surface area contributed by atoms with E-state index in [9.17, 15) is 15.2 Å². The zero-order chi connectivity index (χ0) is 19.6. The Bertz CT molecular complexity index is 1330. The zero-order valence-electron chi connectivity index (χ0n) is 15.3. The van der Waals surface area contributed by atoms with Crippen LogP contribution in [0.3, 0.4) is 0 Å². The molecule has 0 atom stereocenters. The van der Waals surface area contributed by atoms with Crippen LogP contribution >= 0.6 is 0 Å². The first-order valence-corrected chi connectivity index (χ1v) is 8.97. The van der Waals surface area contributed by atoms with Gasteiger partial charge in [-0.15, -0.1) is 0 Å². The summed E-state index contributed by atoms with van der Waals surface area (Å²) in [5.74, 6) is -0.287. The average Bonchev–Trinajstić information content (AvgIpc) is 2.67. The summed E-state index contributed by atoms with van der Waals surface area (Å²) < 4.78 is 0. The van der Waals surface area contributed by atoms with Crippen molar-refractivity contribution in [2.75, 3.05) is 0 Å². The van der Waals surface area contributed by atoms with Gasteiger partial charge < -0.3 is 5.11 Å². The maximum atomic E-state index is 12.6. The predicted octanol–water partition coefficient (Wildman–Crippen LogP) is 3.54. The molecule has 0 saturated heterocycles. The fraction of sp³-hybridized carbons (Fsp3) is 0.190. The number of nitrogens with zero attached hydrogens (tertiary/aromatic N) is 4. The monoisotopic (exact) mass is 371 g/mol. The van der Waals surface area contributed by atoms with Gasteiger partial charge in [0.1, 0.15) is 0 Å². The van der Waals surface area contributed by atoms with E-state index in [2.05, 4.69) is 16.0 Å². The molecule has 0 amide bonds. The first-order chi connectivity index (χ1) is 13.4. The van der Waals surface area contributed by atoms with Crippen molar-refractivity contribution in [3.63, 3.8) is 0 Å². The Morgan fingerprint density at radius 2 is 1.71 bits per heavy atom. The molecular weight excluding hydrogens is 356 g/mol. The normalized spacial score (nSPS) is 12.8. The number of pyridine rings is 3. The Kier molecular flexibility index (Phi) is 3.37. The molecule has 0 saturated carbocycles. The molecule has 5 rings (SSSR count). The van der Waals surface area contributed by atoms with Gasteiger partial charge in [-0.3, -0.25) is 10.1 Å². The molecule has 138 valence electrons. The van der Waals surface area contributed by atoms with E-state index in [1.165, 1.54) is 6.07 Å². The number of benzene rings is 1. The van der Waals surface area contributed by atoms with Gasteiger partial charge in [-0.2, -0.15) is 0 Å². The largest absolute Gasteiger partial charge is 0.871 e. The molecule has 4 aromatic rings. The third-order valence-corrected chi connectivity index (χ3v) is 5.27. The Labute approximate surface area is 159 Å². The molecule has 7 heteroatoms. The molecular formula is C21H15N4O3-. The van der Waals surface area contributed by atoms with Crippen molar-refractivity contribution in [1.82, 2.24) is 15.0 Å². The van der Waals surface area contributed by atoms with E-state index < -0.39 is 4.92 Å². The predicted molar refractivity (Wildman–Crippen MR) is 103 cm³/mol. The van der Waals surface area contributed by atoms with Crippen LogP contribution in [0.1, 0.15) is 22.3 Å². The Morgan fingerprint density at radius 3 is 2.46 bits per heavy atom. The van der Waals surface area contributed by atoms with Gasteiger partial charge in [-0.25, -0.2) is 15.0 Å². The summed E-state index contributed by atoms with van der Waals surface area (Å²) in [5.41, 5.74) is 5.27. The minimum Gasteiger partial charge on any atom is -0.871 e. The van der Waals surface area contributed by atoms with Crippen molar-refractivity contribution in [3.8, 4) is 17.1 Å². The summed E-state index contributed by atoms with van der Waals surface area (Å²) in [5, 5.41) is 25.4. The molecule has 28 heavy (non-hydrogen) atoms. The van der Waals surface area contributed by atoms with E-state index in [1.807, 2.05) is 13.0 Å². The van der Waals surface area contributed by atoms with Gasteiger partial charge in [0.05, 0.1) is 27.2 Å². The lowest BCUT2D eigenvalue weighted by atomic mass is 9.90. The summed E-state index contributed by atoms with van der Waals surface area (Å²) in [4.78, 5) is 24.7. The van der Waals surface area contributed by atoms with Crippen LogP contribution < -0.4 is 5.11 Å². The minimum absolute atomic E-state index is 0.0863. The molecule has 0 N–H and O–H groups in total. The summed E-state index contributed by atoms with van der Waals surface area (Å²) in [6.45, 7) is 3.56. The van der Waals surface area contributed by atoms with Gasteiger partial charge in [-0.05, 0) is 61.6 Å². The molecule has 0 aliphatic heterocycles. The lowest BCUT2D eigenvalue weighted by Gasteiger charge is -2.21. The molecule has 1 aromatic carbocycles. The third-order valence-electron chi connectivity index (χ3n) is 5.27. The van der Waals surface area contributed by atoms with Crippen LogP contribution in [0.4, 0.5) is 5.69 Å². The van der Waals surface area contributed by atoms with E-state index in [-0.39, 0.29) is 22.3 Å². The number of hydrogen-bond donors (Lipinski definition) is 0. The summed E-state index contributed by atoms with van der Waals surface area (Å²) in [6, 6.07) is 7.17. The third kappa shape index (κ3) is 2.32. The van der Waals surface area contributed by atoms with Crippen LogP contribution in [0.5, 0.6) is 5.75 Å². The van der Waals surface area contributed by atoms with Gasteiger partial charge in [0.15, 0.2) is 5.65 Å². The Hall–Kier alpha value is -3.61. The van der Waals surface area contributed by atoms with Crippen LogP contribution in [-0.4, -0.2) is 19.9 Å². The highest BCUT2D eigenvalue weighted by molar-refractivity contribution is 5.96. The number of rotatable bonds is 1. The number of nitro benzene ring substituents is 1. The number of aromatic nitrogens is 3. The van der Waals surface area contributed by atoms with Gasteiger partial charge in [0.2, 0.25) is 0 Å². The topological polar surface area (TPSA) is 105 Å². The molecule has 0 bridgehead atoms. The minimum atomic E-state index is -0.461.